The normalized spacial score (nSPS) is 11.7. The minimum atomic E-state index is -3.96. The van der Waals surface area contributed by atoms with Gasteiger partial charge in [0.15, 0.2) is 0 Å². The van der Waals surface area contributed by atoms with Gasteiger partial charge in [0.25, 0.3) is 15.9 Å². The highest BCUT2D eigenvalue weighted by atomic mass is 79.9. The molecule has 0 radical (unpaired) electrons. The Hall–Kier alpha value is -1.72. The maximum absolute atomic E-state index is 12.7. The number of hydrogen-bond acceptors (Lipinski definition) is 5. The Bertz CT molecular complexity index is 1430. The van der Waals surface area contributed by atoms with Crippen LogP contribution in [-0.2, 0) is 16.6 Å². The first-order chi connectivity index (χ1) is 14.6. The summed E-state index contributed by atoms with van der Waals surface area (Å²) < 4.78 is 30.6. The van der Waals surface area contributed by atoms with Gasteiger partial charge >= 0.3 is 0 Å². The highest BCUT2D eigenvalue weighted by Crippen LogP contribution is 2.27. The van der Waals surface area contributed by atoms with Crippen LogP contribution < -0.4 is 4.72 Å². The van der Waals surface area contributed by atoms with Gasteiger partial charge in [0.2, 0.25) is 0 Å². The molecule has 0 aliphatic heterocycles. The van der Waals surface area contributed by atoms with Crippen LogP contribution in [0.1, 0.15) is 21.7 Å². The molecule has 11 heteroatoms. The number of fused-ring (bicyclic) bond motifs is 1. The monoisotopic (exact) mass is 601 g/mol. The van der Waals surface area contributed by atoms with Crippen LogP contribution >= 0.6 is 54.8 Å². The number of halogens is 3. The topological polar surface area (TPSA) is 81.1 Å². The van der Waals surface area contributed by atoms with Crippen molar-refractivity contribution in [3.8, 4) is 0 Å². The number of imidazole rings is 1. The zero-order valence-electron chi connectivity index (χ0n) is 15.9. The Morgan fingerprint density at radius 2 is 1.94 bits per heavy atom. The summed E-state index contributed by atoms with van der Waals surface area (Å²) in [5.74, 6) is 0.0427. The van der Waals surface area contributed by atoms with E-state index in [2.05, 4.69) is 41.6 Å². The Kier molecular flexibility index (Phi) is 6.28. The molecule has 0 spiro atoms. The van der Waals surface area contributed by atoms with Crippen molar-refractivity contribution in [2.24, 2.45) is 0 Å². The van der Waals surface area contributed by atoms with Gasteiger partial charge in [0, 0.05) is 15.1 Å². The summed E-state index contributed by atoms with van der Waals surface area (Å²) in [4.78, 5) is 17.2. The predicted octanol–water partition coefficient (Wildman–Crippen LogP) is 5.75. The van der Waals surface area contributed by atoms with E-state index in [0.29, 0.717) is 26.4 Å². The molecule has 31 heavy (non-hydrogen) atoms. The lowest BCUT2D eigenvalue weighted by atomic mass is 10.2. The lowest BCUT2D eigenvalue weighted by molar-refractivity contribution is 0.0981. The van der Waals surface area contributed by atoms with Crippen LogP contribution in [-0.4, -0.2) is 23.9 Å². The first-order valence-corrected chi connectivity index (χ1v) is 13.1. The number of rotatable bonds is 5. The Morgan fingerprint density at radius 1 is 1.16 bits per heavy atom. The fourth-order valence-electron chi connectivity index (χ4n) is 3.08. The molecule has 4 aromatic rings. The van der Waals surface area contributed by atoms with Crippen LogP contribution in [0.4, 0.5) is 0 Å². The number of sulfonamides is 1. The second kappa shape index (κ2) is 8.67. The van der Waals surface area contributed by atoms with Gasteiger partial charge < -0.3 is 4.57 Å². The molecule has 160 valence electrons. The van der Waals surface area contributed by atoms with E-state index in [1.807, 2.05) is 29.7 Å². The number of aromatic nitrogens is 2. The second-order valence-corrected chi connectivity index (χ2v) is 12.4. The molecule has 2 heterocycles. The van der Waals surface area contributed by atoms with Crippen molar-refractivity contribution in [2.75, 3.05) is 0 Å². The average molecular weight is 604 g/mol. The summed E-state index contributed by atoms with van der Waals surface area (Å²) in [5.41, 5.74) is 2.52. The Labute approximate surface area is 204 Å². The number of hydrogen-bond donors (Lipinski definition) is 1. The van der Waals surface area contributed by atoms with Crippen LogP contribution in [0.15, 0.2) is 61.0 Å². The van der Waals surface area contributed by atoms with E-state index in [-0.39, 0.29) is 9.77 Å². The van der Waals surface area contributed by atoms with Gasteiger partial charge in [0.1, 0.15) is 10.0 Å². The molecule has 0 saturated carbocycles. The molecule has 1 amide bonds. The van der Waals surface area contributed by atoms with Crippen LogP contribution in [0.2, 0.25) is 5.02 Å². The zero-order chi connectivity index (χ0) is 22.3. The second-order valence-electron chi connectivity index (χ2n) is 6.68. The third kappa shape index (κ3) is 4.73. The standard InChI is InChI=1S/C20H14Br2ClN3O3S2/c1-11-24-16-5-3-12(20(27)25-31(28,29)19-7-6-18(22)30-19)8-17(16)26(11)10-13-2-4-14(21)9-15(13)23/h2-9H,10H2,1H3,(H,25,27). The average Bonchev–Trinajstić information content (AvgIpc) is 3.27. The largest absolute Gasteiger partial charge is 0.324 e. The summed E-state index contributed by atoms with van der Waals surface area (Å²) in [7, 11) is -3.96. The molecule has 0 unspecified atom stereocenters. The van der Waals surface area contributed by atoms with Crippen molar-refractivity contribution < 1.29 is 13.2 Å². The number of benzene rings is 2. The van der Waals surface area contributed by atoms with Gasteiger partial charge in [-0.2, -0.15) is 0 Å². The summed E-state index contributed by atoms with van der Waals surface area (Å²) in [5, 5.41) is 0.609. The third-order valence-corrected chi connectivity index (χ3v) is 8.88. The molecule has 4 rings (SSSR count). The fraction of sp³-hybridized carbons (Fsp3) is 0.100. The van der Waals surface area contributed by atoms with Crippen molar-refractivity contribution in [3.63, 3.8) is 0 Å². The first-order valence-electron chi connectivity index (χ1n) is 8.87. The van der Waals surface area contributed by atoms with Crippen LogP contribution in [0.3, 0.4) is 0 Å². The molecular formula is C20H14Br2ClN3O3S2. The molecule has 0 fully saturated rings. The smallest absolute Gasteiger partial charge is 0.273 e. The highest BCUT2D eigenvalue weighted by molar-refractivity contribution is 9.11. The van der Waals surface area contributed by atoms with Crippen molar-refractivity contribution in [3.05, 3.63) is 78.8 Å². The van der Waals surface area contributed by atoms with Crippen molar-refractivity contribution >= 4 is 81.8 Å². The van der Waals surface area contributed by atoms with Crippen molar-refractivity contribution in [1.82, 2.24) is 14.3 Å². The van der Waals surface area contributed by atoms with Crippen molar-refractivity contribution in [2.45, 2.75) is 17.7 Å². The van der Waals surface area contributed by atoms with E-state index in [1.54, 1.807) is 24.3 Å². The summed E-state index contributed by atoms with van der Waals surface area (Å²) in [6.45, 7) is 2.33. The predicted molar refractivity (Wildman–Crippen MR) is 129 cm³/mol. The molecule has 0 aliphatic carbocycles. The van der Waals surface area contributed by atoms with Gasteiger partial charge in [-0.1, -0.05) is 33.6 Å². The van der Waals surface area contributed by atoms with Crippen LogP contribution in [0.5, 0.6) is 0 Å². The Morgan fingerprint density at radius 3 is 2.61 bits per heavy atom. The molecule has 2 aromatic carbocycles. The quantitative estimate of drug-likeness (QED) is 0.315. The van der Waals surface area contributed by atoms with Crippen molar-refractivity contribution in [1.29, 1.82) is 0 Å². The SMILES string of the molecule is Cc1nc2ccc(C(=O)NS(=O)(=O)c3ccc(Br)s3)cc2n1Cc1ccc(Br)cc1Cl. The van der Waals surface area contributed by atoms with Gasteiger partial charge in [-0.3, -0.25) is 4.79 Å². The summed E-state index contributed by atoms with van der Waals surface area (Å²) in [6, 6.07) is 13.6. The van der Waals surface area contributed by atoms with Crippen LogP contribution in [0.25, 0.3) is 11.0 Å². The maximum atomic E-state index is 12.7. The van der Waals surface area contributed by atoms with Gasteiger partial charge in [-0.25, -0.2) is 18.1 Å². The summed E-state index contributed by atoms with van der Waals surface area (Å²) in [6.07, 6.45) is 0. The molecule has 2 aromatic heterocycles. The number of thiophene rings is 1. The van der Waals surface area contributed by atoms with E-state index < -0.39 is 15.9 Å². The van der Waals surface area contributed by atoms with Gasteiger partial charge in [0.05, 0.1) is 21.4 Å². The molecule has 1 N–H and O–H groups in total. The molecule has 6 nitrogen and oxygen atoms in total. The lowest BCUT2D eigenvalue weighted by Crippen LogP contribution is -2.30. The molecule has 0 aliphatic rings. The molecular weight excluding hydrogens is 590 g/mol. The minimum absolute atomic E-state index is 0.0552. The highest BCUT2D eigenvalue weighted by Gasteiger charge is 2.21. The number of carbonyl (C=O) groups is 1. The Balaban J connectivity index is 1.67. The third-order valence-electron chi connectivity index (χ3n) is 4.59. The molecule has 0 atom stereocenters. The first kappa shape index (κ1) is 22.5. The fourth-order valence-corrected chi connectivity index (χ4v) is 6.79. The number of aryl methyl sites for hydroxylation is 1. The maximum Gasteiger partial charge on any atom is 0.273 e. The number of amides is 1. The molecule has 0 bridgehead atoms. The minimum Gasteiger partial charge on any atom is -0.324 e. The van der Waals surface area contributed by atoms with E-state index in [4.69, 9.17) is 11.6 Å². The number of carbonyl (C=O) groups excluding carboxylic acids is 1. The van der Waals surface area contributed by atoms with Gasteiger partial charge in [-0.05, 0) is 70.9 Å². The molecule has 0 saturated heterocycles. The van der Waals surface area contributed by atoms with E-state index in [0.717, 1.165) is 27.2 Å². The van der Waals surface area contributed by atoms with Gasteiger partial charge in [-0.15, -0.1) is 11.3 Å². The van der Waals surface area contributed by atoms with Crippen LogP contribution in [0, 0.1) is 6.92 Å². The van der Waals surface area contributed by atoms with E-state index in [9.17, 15) is 13.2 Å². The van der Waals surface area contributed by atoms with E-state index >= 15 is 0 Å². The summed E-state index contributed by atoms with van der Waals surface area (Å²) >= 11 is 14.0. The number of nitrogens with one attached hydrogen (secondary N) is 1. The number of nitrogens with zero attached hydrogens (tertiary/aromatic N) is 2. The van der Waals surface area contributed by atoms with E-state index in [1.165, 1.54) is 6.07 Å². The zero-order valence-corrected chi connectivity index (χ0v) is 21.5. The lowest BCUT2D eigenvalue weighted by Gasteiger charge is -2.10.